The van der Waals surface area contributed by atoms with Crippen LogP contribution in [0.5, 0.6) is 0 Å². The predicted octanol–water partition coefficient (Wildman–Crippen LogP) is 0.0881. The maximum Gasteiger partial charge on any atom is 0.0144 e. The van der Waals surface area contributed by atoms with Crippen LogP contribution < -0.4 is 5.32 Å². The second-order valence-corrected chi connectivity index (χ2v) is 3.43. The summed E-state index contributed by atoms with van der Waals surface area (Å²) in [6.45, 7) is 8.66. The van der Waals surface area contributed by atoms with E-state index in [1.54, 1.807) is 0 Å². The molecule has 1 heterocycles. The number of hydrogen-bond donors (Lipinski definition) is 1. The van der Waals surface area contributed by atoms with Crippen LogP contribution in [-0.4, -0.2) is 35.0 Å². The molecule has 1 saturated heterocycles. The molecule has 0 aliphatic carbocycles. The smallest absolute Gasteiger partial charge is 0.0144 e. The molecule has 1 atom stereocenters. The molecule has 0 aromatic heterocycles. The highest BCUT2D eigenvalue weighted by Crippen LogP contribution is 2.10. The van der Waals surface area contributed by atoms with E-state index >= 15 is 0 Å². The highest BCUT2D eigenvalue weighted by molar-refractivity contribution is 7.99. The summed E-state index contributed by atoms with van der Waals surface area (Å²) < 4.78 is 0. The summed E-state index contributed by atoms with van der Waals surface area (Å²) in [7, 11) is 0. The number of hydrogen-bond acceptors (Lipinski definition) is 2. The summed E-state index contributed by atoms with van der Waals surface area (Å²) in [5, 5.41) is 4.16. The molecule has 0 saturated carbocycles. The molecule has 0 spiro atoms. The summed E-state index contributed by atoms with van der Waals surface area (Å²) in [5.74, 6) is 1.29. The van der Waals surface area contributed by atoms with Gasteiger partial charge in [0.2, 0.25) is 0 Å². The van der Waals surface area contributed by atoms with E-state index in [1.165, 1.54) is 18.8 Å². The Morgan fingerprint density at radius 2 is 1.82 bits per heavy atom. The molecule has 5 N–H and O–H groups in total. The van der Waals surface area contributed by atoms with Crippen molar-refractivity contribution in [2.24, 2.45) is 0 Å². The van der Waals surface area contributed by atoms with E-state index in [2.05, 4.69) is 24.0 Å². The Bertz CT molecular complexity index is 58.4. The first-order chi connectivity index (χ1) is 4.39. The van der Waals surface area contributed by atoms with Crippen LogP contribution in [0.2, 0.25) is 0 Å². The predicted molar refractivity (Wildman–Crippen MR) is 53.4 cm³/mol. The summed E-state index contributed by atoms with van der Waals surface area (Å²) in [4.78, 5) is 0. The van der Waals surface area contributed by atoms with E-state index in [1.807, 2.05) is 13.8 Å². The second kappa shape index (κ2) is 12.9. The van der Waals surface area contributed by atoms with Crippen LogP contribution in [-0.2, 0) is 0 Å². The molecule has 0 unspecified atom stereocenters. The fraction of sp³-hybridized carbons (Fsp3) is 1.00. The molecule has 0 aromatic rings. The lowest BCUT2D eigenvalue weighted by Crippen LogP contribution is -2.30. The average molecular weight is 183 g/mol. The van der Waals surface area contributed by atoms with Crippen molar-refractivity contribution in [2.75, 3.05) is 18.8 Å². The van der Waals surface area contributed by atoms with Gasteiger partial charge in [0.1, 0.15) is 0 Å². The van der Waals surface area contributed by atoms with Gasteiger partial charge in [0.15, 0.2) is 0 Å². The zero-order valence-electron chi connectivity index (χ0n) is 7.61. The molecule has 1 fully saturated rings. The fourth-order valence-electron chi connectivity index (χ4n) is 0.697. The summed E-state index contributed by atoms with van der Waals surface area (Å²) in [5.41, 5.74) is 0. The van der Waals surface area contributed by atoms with E-state index < -0.39 is 0 Å². The van der Waals surface area contributed by atoms with Gasteiger partial charge in [-0.25, -0.2) is 0 Å². The molecule has 11 heavy (non-hydrogen) atoms. The molecule has 0 aromatic carbocycles. The minimum atomic E-state index is 0. The van der Waals surface area contributed by atoms with Crippen molar-refractivity contribution in [3.05, 3.63) is 0 Å². The van der Waals surface area contributed by atoms with Crippen LogP contribution in [0.25, 0.3) is 0 Å². The Kier molecular flexibility index (Phi) is 20.3. The molecule has 1 aliphatic heterocycles. The Balaban J connectivity index is -0.000000149. The fourth-order valence-corrected chi connectivity index (χ4v) is 1.60. The van der Waals surface area contributed by atoms with Gasteiger partial charge in [-0.2, -0.15) is 11.8 Å². The largest absolute Gasteiger partial charge is 0.412 e. The van der Waals surface area contributed by atoms with Crippen molar-refractivity contribution in [3.63, 3.8) is 0 Å². The summed E-state index contributed by atoms with van der Waals surface area (Å²) >= 11 is 2.06. The van der Waals surface area contributed by atoms with Crippen LogP contribution in [0.3, 0.4) is 0 Å². The van der Waals surface area contributed by atoms with Crippen molar-refractivity contribution in [3.8, 4) is 0 Å². The van der Waals surface area contributed by atoms with Crippen LogP contribution in [0.15, 0.2) is 0 Å². The van der Waals surface area contributed by atoms with Crippen LogP contribution in [0, 0.1) is 0 Å². The zero-order chi connectivity index (χ0) is 7.11. The lowest BCUT2D eigenvalue weighted by molar-refractivity contribution is 0.695. The quantitative estimate of drug-likeness (QED) is 0.578. The number of thioether (sulfide) groups is 1. The molecule has 0 radical (unpaired) electrons. The lowest BCUT2D eigenvalue weighted by atomic mass is 10.4. The molecule has 4 heteroatoms. The van der Waals surface area contributed by atoms with E-state index in [9.17, 15) is 0 Å². The van der Waals surface area contributed by atoms with Gasteiger partial charge in [0.05, 0.1) is 0 Å². The van der Waals surface area contributed by atoms with Crippen molar-refractivity contribution in [1.82, 2.24) is 5.32 Å². The van der Waals surface area contributed by atoms with E-state index in [0.717, 1.165) is 5.25 Å². The Morgan fingerprint density at radius 1 is 1.27 bits per heavy atom. The van der Waals surface area contributed by atoms with Gasteiger partial charge in [-0.15, -0.1) is 0 Å². The first-order valence-corrected chi connectivity index (χ1v) is 4.77. The average Bonchev–Trinajstić information content (AvgIpc) is 1.94. The third kappa shape index (κ3) is 10.2. The van der Waals surface area contributed by atoms with Gasteiger partial charge in [-0.05, 0) is 0 Å². The molecular formula is C7H21NO2S. The number of nitrogens with one attached hydrogen (secondary N) is 1. The monoisotopic (exact) mass is 183 g/mol. The highest BCUT2D eigenvalue weighted by atomic mass is 32.2. The maximum absolute atomic E-state index is 3.31. The molecule has 0 bridgehead atoms. The van der Waals surface area contributed by atoms with Crippen LogP contribution in [0.1, 0.15) is 20.8 Å². The first kappa shape index (κ1) is 17.4. The van der Waals surface area contributed by atoms with Gasteiger partial charge >= 0.3 is 0 Å². The topological polar surface area (TPSA) is 75.0 Å². The van der Waals surface area contributed by atoms with E-state index in [0.29, 0.717) is 0 Å². The van der Waals surface area contributed by atoms with Gasteiger partial charge in [0, 0.05) is 24.1 Å². The highest BCUT2D eigenvalue weighted by Gasteiger charge is 2.05. The molecule has 0 amide bonds. The summed E-state index contributed by atoms with van der Waals surface area (Å²) in [6, 6.07) is 0. The molecule has 1 aliphatic rings. The second-order valence-electron chi connectivity index (χ2n) is 1.89. The normalized spacial score (nSPS) is 21.5. The summed E-state index contributed by atoms with van der Waals surface area (Å²) in [6.07, 6.45) is 0. The zero-order valence-corrected chi connectivity index (χ0v) is 8.42. The first-order valence-electron chi connectivity index (χ1n) is 3.72. The maximum atomic E-state index is 3.31. The van der Waals surface area contributed by atoms with Crippen molar-refractivity contribution >= 4 is 11.8 Å². The van der Waals surface area contributed by atoms with Gasteiger partial charge in [-0.3, -0.25) is 0 Å². The van der Waals surface area contributed by atoms with Crippen molar-refractivity contribution in [1.29, 1.82) is 0 Å². The third-order valence-corrected chi connectivity index (χ3v) is 2.29. The van der Waals surface area contributed by atoms with Gasteiger partial charge < -0.3 is 16.3 Å². The van der Waals surface area contributed by atoms with E-state index in [-0.39, 0.29) is 11.0 Å². The van der Waals surface area contributed by atoms with Crippen LogP contribution >= 0.6 is 11.8 Å². The third-order valence-electron chi connectivity index (χ3n) is 1.11. The lowest BCUT2D eigenvalue weighted by Gasteiger charge is -2.17. The molecular weight excluding hydrogens is 162 g/mol. The van der Waals surface area contributed by atoms with E-state index in [4.69, 9.17) is 0 Å². The Morgan fingerprint density at radius 3 is 2.00 bits per heavy atom. The van der Waals surface area contributed by atoms with Gasteiger partial charge in [0.25, 0.3) is 0 Å². The van der Waals surface area contributed by atoms with Crippen molar-refractivity contribution in [2.45, 2.75) is 26.0 Å². The molecule has 1 rings (SSSR count). The minimum Gasteiger partial charge on any atom is -0.412 e. The standard InChI is InChI=1S/C5H11NS.C2H6.2H2O/c1-5-4-6-2-3-7-5;1-2;;/h5-6H,2-4H2,1H3;1-2H3;2*1H2/t5-;;;/m1.../s1. The SMILES string of the molecule is CC.C[C@@H]1CNCCS1.O.O. The molecule has 3 nitrogen and oxygen atoms in total. The van der Waals surface area contributed by atoms with Crippen molar-refractivity contribution < 1.29 is 11.0 Å². The van der Waals surface area contributed by atoms with Gasteiger partial charge in [-0.1, -0.05) is 20.8 Å². The van der Waals surface area contributed by atoms with Crippen LogP contribution in [0.4, 0.5) is 0 Å². The minimum absolute atomic E-state index is 0. The number of rotatable bonds is 0. The Labute approximate surface area is 73.6 Å². The Hall–Kier alpha value is 0.230. The molecule has 72 valence electrons.